The van der Waals surface area contributed by atoms with Gasteiger partial charge in [-0.05, 0) is 59.3 Å². The third-order valence-electron chi connectivity index (χ3n) is 5.84. The first kappa shape index (κ1) is 22.7. The largest absolute Gasteiger partial charge is 0.504 e. The fourth-order valence-electron chi connectivity index (χ4n) is 3.94. The van der Waals surface area contributed by atoms with Gasteiger partial charge >= 0.3 is 0 Å². The molecule has 6 nitrogen and oxygen atoms in total. The molecule has 0 fully saturated rings. The highest BCUT2D eigenvalue weighted by atomic mass is 16.5. The molecule has 5 aromatic carbocycles. The molecule has 0 amide bonds. The minimum Gasteiger partial charge on any atom is -0.504 e. The monoisotopic (exact) mass is 476 g/mol. The topological polar surface area (TPSA) is 104 Å². The average molecular weight is 476 g/mol. The summed E-state index contributed by atoms with van der Waals surface area (Å²) in [5.74, 6) is -2.65. The molecule has 0 heterocycles. The number of hydrogen-bond donors (Lipinski definition) is 3. The Hall–Kier alpha value is -5.10. The summed E-state index contributed by atoms with van der Waals surface area (Å²) in [6, 6.07) is 28.9. The zero-order chi connectivity index (χ0) is 25.2. The number of hydrogen-bond acceptors (Lipinski definition) is 6. The Morgan fingerprint density at radius 3 is 1.69 bits per heavy atom. The molecule has 0 spiro atoms. The number of carbonyl (C=O) groups is 2. The quantitative estimate of drug-likeness (QED) is 0.199. The van der Waals surface area contributed by atoms with E-state index in [2.05, 4.69) is 0 Å². The molecular weight excluding hydrogens is 456 g/mol. The lowest BCUT2D eigenvalue weighted by atomic mass is 9.94. The predicted molar refractivity (Wildman–Crippen MR) is 135 cm³/mol. The smallest absolute Gasteiger partial charge is 0.201 e. The minimum atomic E-state index is -0.936. The third-order valence-corrected chi connectivity index (χ3v) is 5.84. The van der Waals surface area contributed by atoms with Crippen LogP contribution in [0.15, 0.2) is 103 Å². The molecule has 0 aliphatic carbocycles. The fraction of sp³-hybridized carbons (Fsp3) is 0. The Morgan fingerprint density at radius 2 is 1.03 bits per heavy atom. The van der Waals surface area contributed by atoms with Crippen molar-refractivity contribution >= 4 is 22.3 Å². The highest BCUT2D eigenvalue weighted by Gasteiger charge is 2.26. The van der Waals surface area contributed by atoms with Crippen LogP contribution >= 0.6 is 0 Å². The molecule has 5 rings (SSSR count). The van der Waals surface area contributed by atoms with Crippen molar-refractivity contribution in [2.45, 2.75) is 0 Å². The molecular formula is C30H20O6. The number of ketones is 2. The predicted octanol–water partition coefficient (Wildman–Crippen LogP) is 6.21. The Balaban J connectivity index is 1.48. The molecule has 0 radical (unpaired) electrons. The lowest BCUT2D eigenvalue weighted by molar-refractivity contribution is 0.103. The highest BCUT2D eigenvalue weighted by molar-refractivity contribution is 6.17. The number of fused-ring (bicyclic) bond motifs is 1. The number of phenolic OH excluding ortho intramolecular Hbond substituents is 3. The van der Waals surface area contributed by atoms with Gasteiger partial charge in [-0.2, -0.15) is 0 Å². The molecule has 6 heteroatoms. The van der Waals surface area contributed by atoms with E-state index in [0.717, 1.165) is 16.8 Å². The third kappa shape index (κ3) is 4.23. The van der Waals surface area contributed by atoms with Crippen LogP contribution in [-0.2, 0) is 0 Å². The molecule has 0 aliphatic rings. The molecule has 3 N–H and O–H groups in total. The number of rotatable bonds is 6. The second-order valence-corrected chi connectivity index (χ2v) is 8.18. The lowest BCUT2D eigenvalue weighted by Crippen LogP contribution is -2.07. The number of ether oxygens (including phenoxy) is 1. The maximum Gasteiger partial charge on any atom is 0.201 e. The van der Waals surface area contributed by atoms with E-state index in [1.807, 2.05) is 42.5 Å². The summed E-state index contributed by atoms with van der Waals surface area (Å²) in [7, 11) is 0. The van der Waals surface area contributed by atoms with Crippen LogP contribution in [0.2, 0.25) is 0 Å². The van der Waals surface area contributed by atoms with E-state index in [-0.39, 0.29) is 22.3 Å². The summed E-state index contributed by atoms with van der Waals surface area (Å²) in [6.45, 7) is 0. The van der Waals surface area contributed by atoms with Crippen molar-refractivity contribution in [3.8, 4) is 28.7 Å². The molecule has 0 aromatic heterocycles. The van der Waals surface area contributed by atoms with Gasteiger partial charge in [-0.1, -0.05) is 54.6 Å². The minimum absolute atomic E-state index is 0.194. The van der Waals surface area contributed by atoms with Gasteiger partial charge in [0.15, 0.2) is 23.1 Å². The van der Waals surface area contributed by atoms with E-state index in [1.165, 1.54) is 12.1 Å². The standard InChI is InChI=1S/C30H20O6/c31-26(19-12-14-23(15-13-19)36-22-8-2-1-3-9-22)24-17-25(29(34)30(35)28(24)33)27(32)21-11-10-18-6-4-5-7-20(18)16-21/h1-17,33-35H. The van der Waals surface area contributed by atoms with Crippen molar-refractivity contribution in [1.29, 1.82) is 0 Å². The van der Waals surface area contributed by atoms with Crippen LogP contribution < -0.4 is 4.74 Å². The van der Waals surface area contributed by atoms with Crippen LogP contribution in [0.5, 0.6) is 28.7 Å². The summed E-state index contributed by atoms with van der Waals surface area (Å²) in [6.07, 6.45) is 0. The molecule has 0 bridgehead atoms. The van der Waals surface area contributed by atoms with E-state index >= 15 is 0 Å². The summed E-state index contributed by atoms with van der Waals surface area (Å²) in [4.78, 5) is 26.4. The second-order valence-electron chi connectivity index (χ2n) is 8.18. The van der Waals surface area contributed by atoms with Gasteiger partial charge in [-0.3, -0.25) is 9.59 Å². The first-order valence-corrected chi connectivity index (χ1v) is 11.1. The molecule has 5 aromatic rings. The van der Waals surface area contributed by atoms with Gasteiger partial charge < -0.3 is 20.1 Å². The van der Waals surface area contributed by atoms with Crippen LogP contribution in [0.4, 0.5) is 0 Å². The fourth-order valence-corrected chi connectivity index (χ4v) is 3.94. The van der Waals surface area contributed by atoms with Crippen LogP contribution in [0.1, 0.15) is 31.8 Å². The molecule has 0 saturated carbocycles. The molecule has 0 saturated heterocycles. The van der Waals surface area contributed by atoms with Gasteiger partial charge in [0.05, 0.1) is 11.1 Å². The maximum absolute atomic E-state index is 13.2. The number of benzene rings is 5. The number of carbonyl (C=O) groups excluding carboxylic acids is 2. The van der Waals surface area contributed by atoms with E-state index < -0.39 is 28.8 Å². The van der Waals surface area contributed by atoms with Gasteiger partial charge in [0.25, 0.3) is 0 Å². The van der Waals surface area contributed by atoms with E-state index in [0.29, 0.717) is 11.5 Å². The Labute approximate surface area is 206 Å². The molecule has 0 unspecified atom stereocenters. The SMILES string of the molecule is O=C(c1ccc(Oc2ccccc2)cc1)c1cc(C(=O)c2ccc3ccccc3c2)c(O)c(O)c1O. The van der Waals surface area contributed by atoms with Crippen LogP contribution in [0, 0.1) is 0 Å². The first-order valence-electron chi connectivity index (χ1n) is 11.1. The molecule has 36 heavy (non-hydrogen) atoms. The molecule has 0 aliphatic heterocycles. The zero-order valence-corrected chi connectivity index (χ0v) is 18.9. The second kappa shape index (κ2) is 9.27. The van der Waals surface area contributed by atoms with Gasteiger partial charge in [-0.25, -0.2) is 0 Å². The van der Waals surface area contributed by atoms with Gasteiger partial charge in [0.2, 0.25) is 5.75 Å². The average Bonchev–Trinajstić information content (AvgIpc) is 2.92. The van der Waals surface area contributed by atoms with Crippen LogP contribution in [0.25, 0.3) is 10.8 Å². The van der Waals surface area contributed by atoms with Crippen LogP contribution in [0.3, 0.4) is 0 Å². The first-order chi connectivity index (χ1) is 17.4. The molecule has 0 atom stereocenters. The maximum atomic E-state index is 13.2. The van der Waals surface area contributed by atoms with Gasteiger partial charge in [0.1, 0.15) is 11.5 Å². The summed E-state index contributed by atoms with van der Waals surface area (Å²) in [5.41, 5.74) is -0.158. The van der Waals surface area contributed by atoms with Crippen LogP contribution in [-0.4, -0.2) is 26.9 Å². The van der Waals surface area contributed by atoms with Crippen molar-refractivity contribution in [3.63, 3.8) is 0 Å². The highest BCUT2D eigenvalue weighted by Crippen LogP contribution is 2.42. The summed E-state index contributed by atoms with van der Waals surface area (Å²) >= 11 is 0. The van der Waals surface area contributed by atoms with Crippen molar-refractivity contribution in [3.05, 3.63) is 125 Å². The normalized spacial score (nSPS) is 10.8. The van der Waals surface area contributed by atoms with Gasteiger partial charge in [-0.15, -0.1) is 0 Å². The van der Waals surface area contributed by atoms with Crippen molar-refractivity contribution in [2.75, 3.05) is 0 Å². The summed E-state index contributed by atoms with van der Waals surface area (Å²) < 4.78 is 5.73. The lowest BCUT2D eigenvalue weighted by Gasteiger charge is -2.12. The van der Waals surface area contributed by atoms with Crippen molar-refractivity contribution < 1.29 is 29.6 Å². The van der Waals surface area contributed by atoms with E-state index in [1.54, 1.807) is 42.5 Å². The van der Waals surface area contributed by atoms with E-state index in [4.69, 9.17) is 4.74 Å². The number of phenols is 3. The number of aromatic hydroxyl groups is 3. The van der Waals surface area contributed by atoms with E-state index in [9.17, 15) is 24.9 Å². The Morgan fingerprint density at radius 1 is 0.500 bits per heavy atom. The number of para-hydroxylation sites is 1. The Kier molecular flexibility index (Phi) is 5.84. The van der Waals surface area contributed by atoms with Crippen molar-refractivity contribution in [2.24, 2.45) is 0 Å². The summed E-state index contributed by atoms with van der Waals surface area (Å²) in [5, 5.41) is 32.9. The van der Waals surface area contributed by atoms with Gasteiger partial charge in [0, 0.05) is 11.1 Å². The molecule has 176 valence electrons. The Bertz CT molecular complexity index is 1610. The zero-order valence-electron chi connectivity index (χ0n) is 18.9. The van der Waals surface area contributed by atoms with Crippen molar-refractivity contribution in [1.82, 2.24) is 0 Å².